The van der Waals surface area contributed by atoms with Gasteiger partial charge in [0.25, 0.3) is 0 Å². The van der Waals surface area contributed by atoms with Crippen molar-refractivity contribution in [2.45, 2.75) is 45.6 Å². The number of nitrogens with zero attached hydrogens (tertiary/aromatic N) is 1. The average molecular weight is 397 g/mol. The highest BCUT2D eigenvalue weighted by molar-refractivity contribution is 5.91. The molecule has 1 fully saturated rings. The van der Waals surface area contributed by atoms with Crippen molar-refractivity contribution >= 4 is 16.9 Å². The van der Waals surface area contributed by atoms with Crippen LogP contribution >= 0.6 is 0 Å². The average Bonchev–Trinajstić information content (AvgIpc) is 3.13. The van der Waals surface area contributed by atoms with Crippen LogP contribution < -0.4 is 4.74 Å². The molecular formula is C24H32N2O3. The Labute approximate surface area is 173 Å². The first-order valence-electron chi connectivity index (χ1n) is 10.8. The number of aromatic amines is 1. The Hall–Kier alpha value is -2.27. The summed E-state index contributed by atoms with van der Waals surface area (Å²) in [4.78, 5) is 18.8. The molecule has 2 aromatic rings. The number of aromatic nitrogens is 1. The second-order valence-electron chi connectivity index (χ2n) is 8.29. The van der Waals surface area contributed by atoms with E-state index in [-0.39, 0.29) is 11.9 Å². The zero-order valence-electron chi connectivity index (χ0n) is 18.0. The first-order valence-corrected chi connectivity index (χ1v) is 10.8. The van der Waals surface area contributed by atoms with Crippen LogP contribution in [0.3, 0.4) is 0 Å². The van der Waals surface area contributed by atoms with Gasteiger partial charge in [-0.1, -0.05) is 25.5 Å². The van der Waals surface area contributed by atoms with Crippen LogP contribution in [0.25, 0.3) is 10.9 Å². The second-order valence-corrected chi connectivity index (χ2v) is 8.29. The van der Waals surface area contributed by atoms with Crippen molar-refractivity contribution in [1.82, 2.24) is 9.88 Å². The van der Waals surface area contributed by atoms with Gasteiger partial charge in [-0.2, -0.15) is 0 Å². The predicted octanol–water partition coefficient (Wildman–Crippen LogP) is 4.63. The number of benzene rings is 1. The molecule has 0 spiro atoms. The van der Waals surface area contributed by atoms with E-state index in [0.29, 0.717) is 12.0 Å². The number of hydrogen-bond donors (Lipinski definition) is 1. The van der Waals surface area contributed by atoms with E-state index in [4.69, 9.17) is 9.47 Å². The van der Waals surface area contributed by atoms with Gasteiger partial charge in [0.05, 0.1) is 20.3 Å². The van der Waals surface area contributed by atoms with Crippen molar-refractivity contribution in [2.24, 2.45) is 11.8 Å². The molecule has 4 rings (SSSR count). The van der Waals surface area contributed by atoms with E-state index in [1.807, 2.05) is 25.1 Å². The standard InChI is InChI=1S/C24H32N2O3/c1-5-8-15-14-26-12-11-17-22-19(9-7-10-21(22)28-3)25-23(17)20(26)13-18(15)16(6-2)24(27)29-4/h6-7,9-10,15,18,20,25H,5,8,11-14H2,1-4H3/b16-6+/t15-,18+,20+/m1/s1. The highest BCUT2D eigenvalue weighted by Crippen LogP contribution is 2.47. The third kappa shape index (κ3) is 3.35. The molecule has 3 atom stereocenters. The molecule has 156 valence electrons. The van der Waals surface area contributed by atoms with Gasteiger partial charge in [0.1, 0.15) is 5.75 Å². The first-order chi connectivity index (χ1) is 14.1. The molecule has 1 aromatic heterocycles. The summed E-state index contributed by atoms with van der Waals surface area (Å²) in [5, 5.41) is 1.22. The number of allylic oxidation sites excluding steroid dienone is 1. The van der Waals surface area contributed by atoms with E-state index in [9.17, 15) is 4.79 Å². The zero-order chi connectivity index (χ0) is 20.5. The number of ether oxygens (including phenoxy) is 2. The minimum absolute atomic E-state index is 0.179. The highest BCUT2D eigenvalue weighted by atomic mass is 16.5. The summed E-state index contributed by atoms with van der Waals surface area (Å²) in [7, 11) is 3.22. The monoisotopic (exact) mass is 396 g/mol. The van der Waals surface area contributed by atoms with Gasteiger partial charge < -0.3 is 14.5 Å². The lowest BCUT2D eigenvalue weighted by molar-refractivity contribution is -0.137. The molecule has 0 saturated carbocycles. The van der Waals surface area contributed by atoms with Gasteiger partial charge in [-0.25, -0.2) is 4.79 Å². The molecule has 5 heteroatoms. The Bertz CT molecular complexity index is 930. The van der Waals surface area contributed by atoms with Gasteiger partial charge >= 0.3 is 5.97 Å². The Balaban J connectivity index is 1.75. The van der Waals surface area contributed by atoms with E-state index < -0.39 is 0 Å². The van der Waals surface area contributed by atoms with Gasteiger partial charge in [-0.05, 0) is 55.7 Å². The third-order valence-corrected chi connectivity index (χ3v) is 6.87. The van der Waals surface area contributed by atoms with E-state index in [0.717, 1.165) is 55.6 Å². The quantitative estimate of drug-likeness (QED) is 0.591. The molecule has 2 aliphatic heterocycles. The predicted molar refractivity (Wildman–Crippen MR) is 115 cm³/mol. The number of nitrogens with one attached hydrogen (secondary N) is 1. The summed E-state index contributed by atoms with van der Waals surface area (Å²) >= 11 is 0. The van der Waals surface area contributed by atoms with Crippen LogP contribution in [0.2, 0.25) is 0 Å². The molecule has 2 aliphatic rings. The normalized spacial score (nSPS) is 24.8. The Morgan fingerprint density at radius 1 is 1.34 bits per heavy atom. The Morgan fingerprint density at radius 2 is 2.17 bits per heavy atom. The Morgan fingerprint density at radius 3 is 2.86 bits per heavy atom. The van der Waals surface area contributed by atoms with Gasteiger partial charge in [-0.15, -0.1) is 0 Å². The lowest BCUT2D eigenvalue weighted by Gasteiger charge is -2.46. The van der Waals surface area contributed by atoms with Crippen molar-refractivity contribution in [3.8, 4) is 5.75 Å². The number of esters is 1. The SMILES string of the molecule is C/C=C(/C(=O)OC)[C@H]1C[C@H]2c3[nH]c4cccc(OC)c4c3CCN2C[C@H]1CCC. The van der Waals surface area contributed by atoms with E-state index in [1.165, 1.54) is 23.8 Å². The summed E-state index contributed by atoms with van der Waals surface area (Å²) < 4.78 is 10.8. The van der Waals surface area contributed by atoms with Gasteiger partial charge in [-0.3, -0.25) is 4.90 Å². The summed E-state index contributed by atoms with van der Waals surface area (Å²) in [6.45, 7) is 6.28. The number of H-pyrrole nitrogens is 1. The van der Waals surface area contributed by atoms with Crippen LogP contribution in [0.4, 0.5) is 0 Å². The van der Waals surface area contributed by atoms with Crippen molar-refractivity contribution in [3.63, 3.8) is 0 Å². The van der Waals surface area contributed by atoms with Crippen molar-refractivity contribution in [2.75, 3.05) is 27.3 Å². The topological polar surface area (TPSA) is 54.6 Å². The third-order valence-electron chi connectivity index (χ3n) is 6.87. The van der Waals surface area contributed by atoms with Crippen LogP contribution in [-0.4, -0.2) is 43.2 Å². The molecule has 3 heterocycles. The Kier molecular flexibility index (Phi) is 5.68. The number of rotatable bonds is 5. The molecule has 0 bridgehead atoms. The number of hydrogen-bond acceptors (Lipinski definition) is 4. The molecule has 29 heavy (non-hydrogen) atoms. The van der Waals surface area contributed by atoms with Gasteiger partial charge in [0.15, 0.2) is 0 Å². The van der Waals surface area contributed by atoms with E-state index in [2.05, 4.69) is 22.9 Å². The first kappa shape index (κ1) is 20.0. The maximum Gasteiger partial charge on any atom is 0.333 e. The molecule has 1 saturated heterocycles. The number of fused-ring (bicyclic) bond motifs is 5. The largest absolute Gasteiger partial charge is 0.496 e. The van der Waals surface area contributed by atoms with Crippen LogP contribution in [-0.2, 0) is 16.0 Å². The van der Waals surface area contributed by atoms with Gasteiger partial charge in [0.2, 0.25) is 0 Å². The maximum absolute atomic E-state index is 12.5. The van der Waals surface area contributed by atoms with Crippen LogP contribution in [0.5, 0.6) is 5.75 Å². The van der Waals surface area contributed by atoms with Crippen LogP contribution in [0, 0.1) is 11.8 Å². The van der Waals surface area contributed by atoms with Crippen molar-refractivity contribution in [3.05, 3.63) is 41.1 Å². The molecule has 0 aliphatic carbocycles. The van der Waals surface area contributed by atoms with Crippen molar-refractivity contribution < 1.29 is 14.3 Å². The summed E-state index contributed by atoms with van der Waals surface area (Å²) in [6.07, 6.45) is 6.21. The zero-order valence-corrected chi connectivity index (χ0v) is 18.0. The molecule has 1 aromatic carbocycles. The smallest absolute Gasteiger partial charge is 0.333 e. The minimum Gasteiger partial charge on any atom is -0.496 e. The van der Waals surface area contributed by atoms with E-state index in [1.54, 1.807) is 7.11 Å². The maximum atomic E-state index is 12.5. The van der Waals surface area contributed by atoms with E-state index >= 15 is 0 Å². The van der Waals surface area contributed by atoms with Crippen LogP contribution in [0.15, 0.2) is 29.8 Å². The molecule has 0 unspecified atom stereocenters. The van der Waals surface area contributed by atoms with Gasteiger partial charge in [0, 0.05) is 35.3 Å². The fourth-order valence-corrected chi connectivity index (χ4v) is 5.60. The number of methoxy groups -OCH3 is 2. The molecule has 5 nitrogen and oxygen atoms in total. The minimum atomic E-state index is -0.179. The lowest BCUT2D eigenvalue weighted by atomic mass is 9.73. The fraction of sp³-hybridized carbons (Fsp3) is 0.542. The molecular weight excluding hydrogens is 364 g/mol. The number of piperidine rings is 1. The second kappa shape index (κ2) is 8.23. The summed E-state index contributed by atoms with van der Waals surface area (Å²) in [5.74, 6) is 1.48. The fourth-order valence-electron chi connectivity index (χ4n) is 5.60. The highest BCUT2D eigenvalue weighted by Gasteiger charge is 2.42. The molecule has 1 N–H and O–H groups in total. The number of carbonyl (C=O) groups excluding carboxylic acids is 1. The number of carbonyl (C=O) groups is 1. The molecule has 0 amide bonds. The molecule has 0 radical (unpaired) electrons. The lowest BCUT2D eigenvalue weighted by Crippen LogP contribution is -2.47. The van der Waals surface area contributed by atoms with Crippen molar-refractivity contribution in [1.29, 1.82) is 0 Å². The summed E-state index contributed by atoms with van der Waals surface area (Å²) in [6, 6.07) is 6.51. The summed E-state index contributed by atoms with van der Waals surface area (Å²) in [5.41, 5.74) is 4.66. The van der Waals surface area contributed by atoms with Crippen LogP contribution in [0.1, 0.15) is 50.4 Å².